The number of benzene rings is 2. The molecule has 0 saturated heterocycles. The highest BCUT2D eigenvalue weighted by atomic mass is 16.5. The van der Waals surface area contributed by atoms with Crippen molar-refractivity contribution in [1.82, 2.24) is 5.32 Å². The highest BCUT2D eigenvalue weighted by Crippen LogP contribution is 2.29. The first kappa shape index (κ1) is 13.6. The summed E-state index contributed by atoms with van der Waals surface area (Å²) in [6.07, 6.45) is 2.22. The summed E-state index contributed by atoms with van der Waals surface area (Å²) in [5.74, 6) is 0.971. The summed E-state index contributed by atoms with van der Waals surface area (Å²) in [6.45, 7) is 1.81. The van der Waals surface area contributed by atoms with Gasteiger partial charge in [0.05, 0.1) is 6.61 Å². The quantitative estimate of drug-likeness (QED) is 0.761. The van der Waals surface area contributed by atoms with Crippen LogP contribution in [0.1, 0.15) is 12.8 Å². The SMILES string of the molecule is CNCCCCOc1ccccc1-c1ccccc1. The fourth-order valence-corrected chi connectivity index (χ4v) is 2.03. The molecule has 2 nitrogen and oxygen atoms in total. The Kier molecular flexibility index (Phi) is 5.45. The molecule has 0 fully saturated rings. The molecule has 1 N–H and O–H groups in total. The molecule has 0 aliphatic rings. The van der Waals surface area contributed by atoms with E-state index in [1.54, 1.807) is 0 Å². The van der Waals surface area contributed by atoms with E-state index in [0.717, 1.165) is 37.3 Å². The molecule has 0 aliphatic carbocycles. The van der Waals surface area contributed by atoms with Crippen molar-refractivity contribution in [3.05, 3.63) is 54.6 Å². The fourth-order valence-electron chi connectivity index (χ4n) is 2.03. The van der Waals surface area contributed by atoms with Gasteiger partial charge in [-0.05, 0) is 38.1 Å². The third-order valence-electron chi connectivity index (χ3n) is 3.05. The van der Waals surface area contributed by atoms with Crippen molar-refractivity contribution in [3.63, 3.8) is 0 Å². The van der Waals surface area contributed by atoms with Gasteiger partial charge in [0.25, 0.3) is 0 Å². The minimum Gasteiger partial charge on any atom is -0.493 e. The monoisotopic (exact) mass is 255 g/mol. The van der Waals surface area contributed by atoms with E-state index < -0.39 is 0 Å². The van der Waals surface area contributed by atoms with E-state index in [1.165, 1.54) is 5.56 Å². The molecule has 2 heteroatoms. The molecule has 0 unspecified atom stereocenters. The summed E-state index contributed by atoms with van der Waals surface area (Å²) < 4.78 is 5.91. The summed E-state index contributed by atoms with van der Waals surface area (Å²) in [6, 6.07) is 18.6. The van der Waals surface area contributed by atoms with Crippen LogP contribution in [0, 0.1) is 0 Å². The largest absolute Gasteiger partial charge is 0.493 e. The molecule has 0 heterocycles. The van der Waals surface area contributed by atoms with Gasteiger partial charge in [-0.25, -0.2) is 0 Å². The average Bonchev–Trinajstić information content (AvgIpc) is 2.48. The molecular formula is C17H21NO. The van der Waals surface area contributed by atoms with Crippen LogP contribution in [0.4, 0.5) is 0 Å². The van der Waals surface area contributed by atoms with Gasteiger partial charge in [0.2, 0.25) is 0 Å². The molecule has 0 radical (unpaired) electrons. The van der Waals surface area contributed by atoms with Gasteiger partial charge >= 0.3 is 0 Å². The van der Waals surface area contributed by atoms with E-state index in [4.69, 9.17) is 4.74 Å². The zero-order valence-electron chi connectivity index (χ0n) is 11.4. The van der Waals surface area contributed by atoms with Crippen molar-refractivity contribution in [2.24, 2.45) is 0 Å². The minimum atomic E-state index is 0.769. The minimum absolute atomic E-state index is 0.769. The van der Waals surface area contributed by atoms with Crippen LogP contribution in [0.2, 0.25) is 0 Å². The number of rotatable bonds is 7. The lowest BCUT2D eigenvalue weighted by molar-refractivity contribution is 0.307. The summed E-state index contributed by atoms with van der Waals surface area (Å²) >= 11 is 0. The molecule has 0 atom stereocenters. The van der Waals surface area contributed by atoms with Gasteiger partial charge in [-0.3, -0.25) is 0 Å². The summed E-state index contributed by atoms with van der Waals surface area (Å²) in [5.41, 5.74) is 2.37. The number of hydrogen-bond donors (Lipinski definition) is 1. The Balaban J connectivity index is 2.01. The maximum atomic E-state index is 5.91. The molecule has 0 saturated carbocycles. The van der Waals surface area contributed by atoms with Gasteiger partial charge in [-0.15, -0.1) is 0 Å². The Morgan fingerprint density at radius 3 is 2.42 bits per heavy atom. The standard InChI is InChI=1S/C17H21NO/c1-18-13-7-8-14-19-17-12-6-5-11-16(17)15-9-3-2-4-10-15/h2-6,9-12,18H,7-8,13-14H2,1H3. The maximum absolute atomic E-state index is 5.91. The summed E-state index contributed by atoms with van der Waals surface area (Å²) in [4.78, 5) is 0. The van der Waals surface area contributed by atoms with Crippen LogP contribution in [0.25, 0.3) is 11.1 Å². The number of ether oxygens (including phenoxy) is 1. The lowest BCUT2D eigenvalue weighted by atomic mass is 10.1. The van der Waals surface area contributed by atoms with E-state index in [2.05, 4.69) is 41.7 Å². The number of para-hydroxylation sites is 1. The van der Waals surface area contributed by atoms with Crippen molar-refractivity contribution >= 4 is 0 Å². The molecule has 0 aromatic heterocycles. The van der Waals surface area contributed by atoms with Crippen molar-refractivity contribution in [3.8, 4) is 16.9 Å². The second-order valence-corrected chi connectivity index (χ2v) is 4.52. The molecule has 2 rings (SSSR count). The molecular weight excluding hydrogens is 234 g/mol. The van der Waals surface area contributed by atoms with Gasteiger partial charge in [0, 0.05) is 5.56 Å². The lowest BCUT2D eigenvalue weighted by Crippen LogP contribution is -2.09. The number of unbranched alkanes of at least 4 members (excludes halogenated alkanes) is 1. The van der Waals surface area contributed by atoms with E-state index in [1.807, 2.05) is 25.2 Å². The molecule has 2 aromatic rings. The zero-order valence-corrected chi connectivity index (χ0v) is 11.4. The van der Waals surface area contributed by atoms with Crippen LogP contribution >= 0.6 is 0 Å². The number of nitrogens with one attached hydrogen (secondary N) is 1. The molecule has 2 aromatic carbocycles. The Morgan fingerprint density at radius 1 is 0.895 bits per heavy atom. The maximum Gasteiger partial charge on any atom is 0.127 e. The van der Waals surface area contributed by atoms with E-state index in [9.17, 15) is 0 Å². The topological polar surface area (TPSA) is 21.3 Å². The van der Waals surface area contributed by atoms with Crippen LogP contribution in [-0.4, -0.2) is 20.2 Å². The molecule has 19 heavy (non-hydrogen) atoms. The molecule has 0 aliphatic heterocycles. The van der Waals surface area contributed by atoms with Crippen LogP contribution < -0.4 is 10.1 Å². The molecule has 0 spiro atoms. The van der Waals surface area contributed by atoms with Crippen molar-refractivity contribution in [2.45, 2.75) is 12.8 Å². The third kappa shape index (κ3) is 4.11. The van der Waals surface area contributed by atoms with E-state index in [-0.39, 0.29) is 0 Å². The second-order valence-electron chi connectivity index (χ2n) is 4.52. The molecule has 0 amide bonds. The Hall–Kier alpha value is -1.80. The first-order valence-electron chi connectivity index (χ1n) is 6.83. The Bertz CT molecular complexity index is 482. The smallest absolute Gasteiger partial charge is 0.127 e. The highest BCUT2D eigenvalue weighted by Gasteiger charge is 2.04. The van der Waals surface area contributed by atoms with E-state index in [0.29, 0.717) is 0 Å². The number of hydrogen-bond acceptors (Lipinski definition) is 2. The fraction of sp³-hybridized carbons (Fsp3) is 0.294. The van der Waals surface area contributed by atoms with Gasteiger partial charge < -0.3 is 10.1 Å². The predicted octanol–water partition coefficient (Wildman–Crippen LogP) is 3.73. The van der Waals surface area contributed by atoms with E-state index >= 15 is 0 Å². The molecule has 0 bridgehead atoms. The molecule has 100 valence electrons. The average molecular weight is 255 g/mol. The normalized spacial score (nSPS) is 10.4. The van der Waals surface area contributed by atoms with Crippen LogP contribution in [0.5, 0.6) is 5.75 Å². The van der Waals surface area contributed by atoms with Gasteiger partial charge in [-0.1, -0.05) is 48.5 Å². The zero-order chi connectivity index (χ0) is 13.3. The lowest BCUT2D eigenvalue weighted by Gasteiger charge is -2.11. The highest BCUT2D eigenvalue weighted by molar-refractivity contribution is 5.70. The summed E-state index contributed by atoms with van der Waals surface area (Å²) in [7, 11) is 1.98. The first-order chi connectivity index (χ1) is 9.42. The van der Waals surface area contributed by atoms with Crippen molar-refractivity contribution in [1.29, 1.82) is 0 Å². The van der Waals surface area contributed by atoms with Crippen molar-refractivity contribution in [2.75, 3.05) is 20.2 Å². The Morgan fingerprint density at radius 2 is 1.63 bits per heavy atom. The van der Waals surface area contributed by atoms with Crippen LogP contribution in [-0.2, 0) is 0 Å². The third-order valence-corrected chi connectivity index (χ3v) is 3.05. The van der Waals surface area contributed by atoms with Gasteiger partial charge in [-0.2, -0.15) is 0 Å². The summed E-state index contributed by atoms with van der Waals surface area (Å²) in [5, 5.41) is 3.15. The predicted molar refractivity (Wildman–Crippen MR) is 80.5 cm³/mol. The van der Waals surface area contributed by atoms with Crippen molar-refractivity contribution < 1.29 is 4.74 Å². The van der Waals surface area contributed by atoms with Gasteiger partial charge in [0.15, 0.2) is 0 Å². The van der Waals surface area contributed by atoms with Crippen LogP contribution in [0.3, 0.4) is 0 Å². The van der Waals surface area contributed by atoms with Crippen LogP contribution in [0.15, 0.2) is 54.6 Å². The van der Waals surface area contributed by atoms with Gasteiger partial charge in [0.1, 0.15) is 5.75 Å². The second kappa shape index (κ2) is 7.59. The Labute approximate surface area is 115 Å². The first-order valence-corrected chi connectivity index (χ1v) is 6.83.